The van der Waals surface area contributed by atoms with Gasteiger partial charge in [0.15, 0.2) is 0 Å². The van der Waals surface area contributed by atoms with E-state index in [-0.39, 0.29) is 5.91 Å². The standard InChI is InChI=1S/C21H30N4O2/c1-4-20-16(2)23-25(17(20)3)19-8-6-18(7-9-19)21(26)22-10-5-11-24-12-14-27-15-13-24/h6-9H,4-5,10-15H2,1-3H3,(H,22,26). The first-order chi connectivity index (χ1) is 13.1. The van der Waals surface area contributed by atoms with Crippen LogP contribution in [0.4, 0.5) is 0 Å². The molecule has 0 saturated carbocycles. The summed E-state index contributed by atoms with van der Waals surface area (Å²) < 4.78 is 7.30. The van der Waals surface area contributed by atoms with E-state index >= 15 is 0 Å². The third-order valence-corrected chi connectivity index (χ3v) is 5.21. The number of amides is 1. The molecule has 1 aromatic carbocycles. The summed E-state index contributed by atoms with van der Waals surface area (Å²) in [7, 11) is 0. The Kier molecular flexibility index (Phi) is 6.63. The molecule has 1 amide bonds. The highest BCUT2D eigenvalue weighted by Crippen LogP contribution is 2.18. The number of carbonyl (C=O) groups is 1. The zero-order valence-corrected chi connectivity index (χ0v) is 16.6. The van der Waals surface area contributed by atoms with E-state index in [4.69, 9.17) is 4.74 Å². The molecule has 0 unspecified atom stereocenters. The number of hydrogen-bond acceptors (Lipinski definition) is 4. The molecule has 1 aromatic heterocycles. The van der Waals surface area contributed by atoms with Crippen molar-refractivity contribution in [2.24, 2.45) is 0 Å². The predicted molar refractivity (Wildman–Crippen MR) is 107 cm³/mol. The maximum Gasteiger partial charge on any atom is 0.251 e. The summed E-state index contributed by atoms with van der Waals surface area (Å²) in [5.41, 5.74) is 5.19. The maximum absolute atomic E-state index is 12.3. The van der Waals surface area contributed by atoms with Gasteiger partial charge in [-0.15, -0.1) is 0 Å². The monoisotopic (exact) mass is 370 g/mol. The number of nitrogens with one attached hydrogen (secondary N) is 1. The van der Waals surface area contributed by atoms with Gasteiger partial charge >= 0.3 is 0 Å². The van der Waals surface area contributed by atoms with Gasteiger partial charge in [-0.25, -0.2) is 4.68 Å². The van der Waals surface area contributed by atoms with Crippen LogP contribution in [0.15, 0.2) is 24.3 Å². The molecule has 0 spiro atoms. The molecule has 2 heterocycles. The van der Waals surface area contributed by atoms with Gasteiger partial charge in [-0.3, -0.25) is 9.69 Å². The third-order valence-electron chi connectivity index (χ3n) is 5.21. The van der Waals surface area contributed by atoms with E-state index in [2.05, 4.69) is 29.2 Å². The third kappa shape index (κ3) is 4.76. The molecule has 1 aliphatic heterocycles. The topological polar surface area (TPSA) is 59.4 Å². The Labute approximate surface area is 161 Å². The van der Waals surface area contributed by atoms with Crippen LogP contribution in [0.1, 0.15) is 40.7 Å². The number of hydrogen-bond donors (Lipinski definition) is 1. The first kappa shape index (κ1) is 19.6. The van der Waals surface area contributed by atoms with Gasteiger partial charge in [0.2, 0.25) is 0 Å². The molecule has 0 radical (unpaired) electrons. The Hall–Kier alpha value is -2.18. The molecule has 0 bridgehead atoms. The second kappa shape index (κ2) is 9.15. The molecular weight excluding hydrogens is 340 g/mol. The molecule has 0 aliphatic carbocycles. The molecule has 1 aliphatic rings. The van der Waals surface area contributed by atoms with Gasteiger partial charge in [0.1, 0.15) is 0 Å². The fraction of sp³-hybridized carbons (Fsp3) is 0.524. The zero-order chi connectivity index (χ0) is 19.2. The molecule has 6 nitrogen and oxygen atoms in total. The SMILES string of the molecule is CCc1c(C)nn(-c2ccc(C(=O)NCCCN3CCOCC3)cc2)c1C. The average molecular weight is 370 g/mol. The maximum atomic E-state index is 12.3. The number of carbonyl (C=O) groups excluding carboxylic acids is 1. The first-order valence-corrected chi connectivity index (χ1v) is 9.84. The Bertz CT molecular complexity index is 761. The van der Waals surface area contributed by atoms with E-state index < -0.39 is 0 Å². The number of aryl methyl sites for hydroxylation is 1. The molecular formula is C21H30N4O2. The summed E-state index contributed by atoms with van der Waals surface area (Å²) in [6.07, 6.45) is 1.93. The Morgan fingerprint density at radius 1 is 1.19 bits per heavy atom. The van der Waals surface area contributed by atoms with E-state index in [1.165, 1.54) is 5.56 Å². The van der Waals surface area contributed by atoms with Crippen LogP contribution >= 0.6 is 0 Å². The molecule has 27 heavy (non-hydrogen) atoms. The van der Waals surface area contributed by atoms with Crippen molar-refractivity contribution in [2.75, 3.05) is 39.4 Å². The molecule has 1 N–H and O–H groups in total. The van der Waals surface area contributed by atoms with Crippen LogP contribution in [0.3, 0.4) is 0 Å². The van der Waals surface area contributed by atoms with Crippen molar-refractivity contribution >= 4 is 5.91 Å². The van der Waals surface area contributed by atoms with Gasteiger partial charge in [-0.05, 0) is 63.1 Å². The molecule has 6 heteroatoms. The largest absolute Gasteiger partial charge is 0.379 e. The highest BCUT2D eigenvalue weighted by molar-refractivity contribution is 5.94. The van der Waals surface area contributed by atoms with Crippen molar-refractivity contribution < 1.29 is 9.53 Å². The van der Waals surface area contributed by atoms with Gasteiger partial charge in [0.05, 0.1) is 24.6 Å². The Morgan fingerprint density at radius 3 is 2.52 bits per heavy atom. The van der Waals surface area contributed by atoms with E-state index in [0.717, 1.165) is 62.8 Å². The highest BCUT2D eigenvalue weighted by atomic mass is 16.5. The fourth-order valence-corrected chi connectivity index (χ4v) is 3.62. The summed E-state index contributed by atoms with van der Waals surface area (Å²) in [5.74, 6) is -0.0221. The minimum Gasteiger partial charge on any atom is -0.379 e. The quantitative estimate of drug-likeness (QED) is 0.761. The van der Waals surface area contributed by atoms with Gasteiger partial charge in [0, 0.05) is 30.9 Å². The van der Waals surface area contributed by atoms with Crippen LogP contribution in [0.25, 0.3) is 5.69 Å². The van der Waals surface area contributed by atoms with Crippen LogP contribution in [-0.4, -0.2) is 60.0 Å². The number of ether oxygens (including phenoxy) is 1. The first-order valence-electron chi connectivity index (χ1n) is 9.84. The average Bonchev–Trinajstić information content (AvgIpc) is 2.99. The number of aromatic nitrogens is 2. The van der Waals surface area contributed by atoms with Gasteiger partial charge < -0.3 is 10.1 Å². The second-order valence-electron chi connectivity index (χ2n) is 7.03. The molecule has 3 rings (SSSR count). The van der Waals surface area contributed by atoms with Crippen LogP contribution in [0.2, 0.25) is 0 Å². The smallest absolute Gasteiger partial charge is 0.251 e. The number of rotatable bonds is 7. The van der Waals surface area contributed by atoms with Crippen molar-refractivity contribution in [1.82, 2.24) is 20.0 Å². The molecule has 146 valence electrons. The van der Waals surface area contributed by atoms with Crippen LogP contribution < -0.4 is 5.32 Å². The van der Waals surface area contributed by atoms with Crippen LogP contribution in [-0.2, 0) is 11.2 Å². The predicted octanol–water partition coefficient (Wildman–Crippen LogP) is 2.50. The lowest BCUT2D eigenvalue weighted by Gasteiger charge is -2.26. The van der Waals surface area contributed by atoms with Gasteiger partial charge in [-0.1, -0.05) is 6.92 Å². The van der Waals surface area contributed by atoms with Crippen molar-refractivity contribution in [3.05, 3.63) is 46.8 Å². The number of benzene rings is 1. The lowest BCUT2D eigenvalue weighted by molar-refractivity contribution is 0.0374. The molecule has 1 fully saturated rings. The van der Waals surface area contributed by atoms with E-state index in [1.54, 1.807) is 0 Å². The van der Waals surface area contributed by atoms with E-state index in [0.29, 0.717) is 12.1 Å². The minimum absolute atomic E-state index is 0.0221. The zero-order valence-electron chi connectivity index (χ0n) is 16.6. The lowest BCUT2D eigenvalue weighted by Crippen LogP contribution is -2.38. The normalized spacial score (nSPS) is 15.1. The van der Waals surface area contributed by atoms with Crippen LogP contribution in [0.5, 0.6) is 0 Å². The molecule has 1 saturated heterocycles. The van der Waals surface area contributed by atoms with Crippen molar-refractivity contribution in [3.63, 3.8) is 0 Å². The number of morpholine rings is 1. The summed E-state index contributed by atoms with van der Waals surface area (Å²) in [6, 6.07) is 7.66. The summed E-state index contributed by atoms with van der Waals surface area (Å²) in [6.45, 7) is 11.6. The fourth-order valence-electron chi connectivity index (χ4n) is 3.62. The Morgan fingerprint density at radius 2 is 1.89 bits per heavy atom. The lowest BCUT2D eigenvalue weighted by atomic mass is 10.1. The number of nitrogens with zero attached hydrogens (tertiary/aromatic N) is 3. The summed E-state index contributed by atoms with van der Waals surface area (Å²) >= 11 is 0. The molecule has 0 atom stereocenters. The van der Waals surface area contributed by atoms with Crippen LogP contribution in [0, 0.1) is 13.8 Å². The summed E-state index contributed by atoms with van der Waals surface area (Å²) in [5, 5.41) is 7.65. The second-order valence-corrected chi connectivity index (χ2v) is 7.03. The highest BCUT2D eigenvalue weighted by Gasteiger charge is 2.13. The van der Waals surface area contributed by atoms with Crippen molar-refractivity contribution in [3.8, 4) is 5.69 Å². The Balaban J connectivity index is 1.53. The van der Waals surface area contributed by atoms with E-state index in [9.17, 15) is 4.79 Å². The molecule has 2 aromatic rings. The van der Waals surface area contributed by atoms with E-state index in [1.807, 2.05) is 35.9 Å². The van der Waals surface area contributed by atoms with Crippen molar-refractivity contribution in [2.45, 2.75) is 33.6 Å². The van der Waals surface area contributed by atoms with Gasteiger partial charge in [0.25, 0.3) is 5.91 Å². The van der Waals surface area contributed by atoms with Crippen molar-refractivity contribution in [1.29, 1.82) is 0 Å². The minimum atomic E-state index is -0.0221. The summed E-state index contributed by atoms with van der Waals surface area (Å²) in [4.78, 5) is 14.7. The van der Waals surface area contributed by atoms with Gasteiger partial charge in [-0.2, -0.15) is 5.10 Å².